The van der Waals surface area contributed by atoms with Crippen molar-refractivity contribution < 1.29 is 4.79 Å². The van der Waals surface area contributed by atoms with Gasteiger partial charge in [-0.2, -0.15) is 5.10 Å². The number of benzene rings is 1. The number of likely N-dealkylation sites (N-methyl/N-ethyl adjacent to an activating group) is 1. The second-order valence-electron chi connectivity index (χ2n) is 9.34. The monoisotopic (exact) mass is 390 g/mol. The van der Waals surface area contributed by atoms with Crippen LogP contribution in [0.5, 0.6) is 0 Å². The summed E-state index contributed by atoms with van der Waals surface area (Å²) in [6, 6.07) is 15.7. The van der Waals surface area contributed by atoms with Crippen LogP contribution in [0.4, 0.5) is 0 Å². The molecule has 3 fully saturated rings. The van der Waals surface area contributed by atoms with Crippen molar-refractivity contribution in [1.29, 1.82) is 0 Å². The number of fused-ring (bicyclic) bond motifs is 1. The quantitative estimate of drug-likeness (QED) is 0.804. The van der Waals surface area contributed by atoms with E-state index in [9.17, 15) is 4.79 Å². The summed E-state index contributed by atoms with van der Waals surface area (Å²) in [5.74, 6) is 0.0610. The average molecular weight is 391 g/mol. The van der Waals surface area contributed by atoms with Crippen molar-refractivity contribution in [3.05, 3.63) is 59.9 Å². The molecule has 5 heteroatoms. The van der Waals surface area contributed by atoms with Gasteiger partial charge >= 0.3 is 0 Å². The largest absolute Gasteiger partial charge is 0.329 e. The minimum atomic E-state index is 0.0610. The molecule has 0 spiro atoms. The zero-order valence-electron chi connectivity index (χ0n) is 17.4. The molecule has 1 amide bonds. The summed E-state index contributed by atoms with van der Waals surface area (Å²) in [7, 11) is 2.29. The van der Waals surface area contributed by atoms with Gasteiger partial charge < -0.3 is 4.90 Å². The first-order valence-electron chi connectivity index (χ1n) is 11.0. The molecule has 1 aromatic carbocycles. The van der Waals surface area contributed by atoms with Gasteiger partial charge in [0.2, 0.25) is 0 Å². The Morgan fingerprint density at radius 2 is 1.86 bits per heavy atom. The molecule has 0 radical (unpaired) electrons. The van der Waals surface area contributed by atoms with Crippen molar-refractivity contribution in [1.82, 2.24) is 20.0 Å². The molecule has 152 valence electrons. The summed E-state index contributed by atoms with van der Waals surface area (Å²) in [4.78, 5) is 18.5. The van der Waals surface area contributed by atoms with Crippen LogP contribution in [0.1, 0.15) is 55.1 Å². The van der Waals surface area contributed by atoms with Crippen LogP contribution in [0.15, 0.2) is 48.7 Å². The molecule has 0 unspecified atom stereocenters. The Bertz CT molecular complexity index is 873. The Hall–Kier alpha value is -2.27. The van der Waals surface area contributed by atoms with E-state index in [2.05, 4.69) is 64.3 Å². The lowest BCUT2D eigenvalue weighted by atomic mass is 9.69. The molecule has 2 aliphatic heterocycles. The van der Waals surface area contributed by atoms with Gasteiger partial charge in [0.25, 0.3) is 5.91 Å². The molecule has 1 saturated carbocycles. The second kappa shape index (κ2) is 7.21. The highest BCUT2D eigenvalue weighted by Gasteiger charge is 2.62. The third kappa shape index (κ3) is 2.98. The number of likely N-dealkylation sites (tertiary alicyclic amines) is 2. The van der Waals surface area contributed by atoms with E-state index in [4.69, 9.17) is 0 Å². The molecule has 5 rings (SSSR count). The van der Waals surface area contributed by atoms with Crippen LogP contribution in [-0.2, 0) is 6.42 Å². The van der Waals surface area contributed by atoms with Gasteiger partial charge in [-0.15, -0.1) is 5.10 Å². The fourth-order valence-corrected chi connectivity index (χ4v) is 6.53. The molecular weight excluding hydrogens is 360 g/mol. The molecular formula is C24H30N4O. The van der Waals surface area contributed by atoms with Crippen molar-refractivity contribution >= 4 is 5.91 Å². The van der Waals surface area contributed by atoms with Crippen LogP contribution in [0.3, 0.4) is 0 Å². The lowest BCUT2D eigenvalue weighted by molar-refractivity contribution is 0.0155. The topological polar surface area (TPSA) is 49.3 Å². The molecule has 2 aromatic rings. The third-order valence-corrected chi connectivity index (χ3v) is 7.84. The van der Waals surface area contributed by atoms with Crippen LogP contribution >= 0.6 is 0 Å². The van der Waals surface area contributed by atoms with Gasteiger partial charge in [0.05, 0.1) is 0 Å². The maximum absolute atomic E-state index is 13.7. The van der Waals surface area contributed by atoms with E-state index in [0.717, 1.165) is 19.3 Å². The Labute approximate surface area is 173 Å². The summed E-state index contributed by atoms with van der Waals surface area (Å²) < 4.78 is 0. The van der Waals surface area contributed by atoms with Crippen molar-refractivity contribution in [3.63, 3.8) is 0 Å². The van der Waals surface area contributed by atoms with E-state index in [1.54, 1.807) is 6.20 Å². The minimum Gasteiger partial charge on any atom is -0.329 e. The minimum absolute atomic E-state index is 0.0610. The number of rotatable bonds is 3. The van der Waals surface area contributed by atoms with Crippen LogP contribution in [0, 0.1) is 5.41 Å². The molecule has 5 nitrogen and oxygen atoms in total. The Kier molecular flexibility index (Phi) is 4.66. The first-order valence-corrected chi connectivity index (χ1v) is 11.0. The number of carbonyl (C=O) groups excluding carboxylic acids is 1. The molecule has 2 bridgehead atoms. The van der Waals surface area contributed by atoms with E-state index in [-0.39, 0.29) is 23.4 Å². The molecule has 3 aliphatic rings. The Balaban J connectivity index is 1.56. The highest BCUT2D eigenvalue weighted by atomic mass is 16.2. The van der Waals surface area contributed by atoms with E-state index in [1.165, 1.54) is 24.8 Å². The predicted octanol–water partition coefficient (Wildman–Crippen LogP) is 3.57. The fraction of sp³-hybridized carbons (Fsp3) is 0.542. The normalized spacial score (nSPS) is 34.1. The number of piperidine rings is 1. The number of aromatic nitrogens is 2. The molecule has 5 atom stereocenters. The van der Waals surface area contributed by atoms with Crippen molar-refractivity contribution in [2.75, 3.05) is 7.05 Å². The van der Waals surface area contributed by atoms with Gasteiger partial charge in [-0.3, -0.25) is 9.69 Å². The fourth-order valence-electron chi connectivity index (χ4n) is 6.53. The Morgan fingerprint density at radius 3 is 2.59 bits per heavy atom. The predicted molar refractivity (Wildman–Crippen MR) is 112 cm³/mol. The number of hydrogen-bond acceptors (Lipinski definition) is 4. The smallest absolute Gasteiger partial charge is 0.274 e. The third-order valence-electron chi connectivity index (χ3n) is 7.84. The summed E-state index contributed by atoms with van der Waals surface area (Å²) in [5.41, 5.74) is 1.98. The highest BCUT2D eigenvalue weighted by Crippen LogP contribution is 2.55. The van der Waals surface area contributed by atoms with Crippen molar-refractivity contribution in [2.24, 2.45) is 5.41 Å². The van der Waals surface area contributed by atoms with Gasteiger partial charge in [0, 0.05) is 35.8 Å². The van der Waals surface area contributed by atoms with Crippen LogP contribution in [0.2, 0.25) is 0 Å². The van der Waals surface area contributed by atoms with Crippen LogP contribution in [-0.4, -0.2) is 57.1 Å². The molecule has 3 heterocycles. The zero-order chi connectivity index (χ0) is 20.0. The van der Waals surface area contributed by atoms with E-state index in [1.807, 2.05) is 12.1 Å². The van der Waals surface area contributed by atoms with Crippen LogP contribution in [0.25, 0.3) is 0 Å². The Morgan fingerprint density at radius 1 is 1.10 bits per heavy atom. The molecule has 29 heavy (non-hydrogen) atoms. The molecule has 1 aromatic heterocycles. The van der Waals surface area contributed by atoms with Crippen molar-refractivity contribution in [2.45, 2.75) is 69.6 Å². The van der Waals surface area contributed by atoms with Crippen LogP contribution < -0.4 is 0 Å². The van der Waals surface area contributed by atoms with Gasteiger partial charge in [-0.25, -0.2) is 0 Å². The van der Waals surface area contributed by atoms with E-state index < -0.39 is 0 Å². The summed E-state index contributed by atoms with van der Waals surface area (Å²) in [5, 5.41) is 8.13. The summed E-state index contributed by atoms with van der Waals surface area (Å²) in [6.07, 6.45) is 8.48. The SMILES string of the molecule is CN1[C@@H](Cc2ccccc2)[C@@H]2C[C@@]3(C)[C@H](CCCC[C@@H]13)N2C(=O)c1cccnn1. The number of carbonyl (C=O) groups is 1. The first-order chi connectivity index (χ1) is 14.1. The lowest BCUT2D eigenvalue weighted by Gasteiger charge is -2.49. The number of nitrogens with zero attached hydrogens (tertiary/aromatic N) is 4. The zero-order valence-corrected chi connectivity index (χ0v) is 17.4. The lowest BCUT2D eigenvalue weighted by Crippen LogP contribution is -2.58. The average Bonchev–Trinajstić information content (AvgIpc) is 2.89. The molecule has 0 N–H and O–H groups in total. The number of hydrogen-bond donors (Lipinski definition) is 0. The molecule has 1 aliphatic carbocycles. The molecule has 2 saturated heterocycles. The number of amides is 1. The van der Waals surface area contributed by atoms with Gasteiger partial charge in [-0.05, 0) is 50.4 Å². The van der Waals surface area contributed by atoms with Gasteiger partial charge in [0.15, 0.2) is 5.69 Å². The van der Waals surface area contributed by atoms with E-state index >= 15 is 0 Å². The second-order valence-corrected chi connectivity index (χ2v) is 9.34. The van der Waals surface area contributed by atoms with E-state index in [0.29, 0.717) is 17.8 Å². The maximum Gasteiger partial charge on any atom is 0.274 e. The standard InChI is InChI=1S/C24H30N4O/c1-24-16-20-19(15-17-9-4-3-5-10-17)27(2)21(24)12-6-7-13-22(24)28(20)23(29)18-11-8-14-25-26-18/h3-5,8-11,14,19-22H,6-7,12-13,15-16H2,1-2H3/t19-,20-,21+,22-,24+/m0/s1. The highest BCUT2D eigenvalue weighted by molar-refractivity contribution is 5.93. The van der Waals surface area contributed by atoms with Gasteiger partial charge in [0.1, 0.15) is 0 Å². The summed E-state index contributed by atoms with van der Waals surface area (Å²) >= 11 is 0. The van der Waals surface area contributed by atoms with Crippen molar-refractivity contribution in [3.8, 4) is 0 Å². The maximum atomic E-state index is 13.7. The van der Waals surface area contributed by atoms with Gasteiger partial charge in [-0.1, -0.05) is 50.1 Å². The summed E-state index contributed by atoms with van der Waals surface area (Å²) in [6.45, 7) is 2.43. The first kappa shape index (κ1) is 18.7.